The minimum Gasteiger partial charge on any atom is -0.379 e. The second-order valence-electron chi connectivity index (χ2n) is 5.94. The van der Waals surface area contributed by atoms with Gasteiger partial charge in [-0.2, -0.15) is 0 Å². The molecule has 0 aliphatic rings. The van der Waals surface area contributed by atoms with Crippen molar-refractivity contribution in [2.24, 2.45) is 0 Å². The maximum atomic E-state index is 5.48. The van der Waals surface area contributed by atoms with Crippen molar-refractivity contribution in [3.63, 3.8) is 0 Å². The molecule has 0 spiro atoms. The second-order valence-corrected chi connectivity index (χ2v) is 5.94. The highest BCUT2D eigenvalue weighted by molar-refractivity contribution is 5.81. The van der Waals surface area contributed by atoms with Gasteiger partial charge in [-0.15, -0.1) is 0 Å². The van der Waals surface area contributed by atoms with Crippen LogP contribution >= 0.6 is 0 Å². The van der Waals surface area contributed by atoms with Crippen molar-refractivity contribution in [3.8, 4) is 0 Å². The van der Waals surface area contributed by atoms with Crippen LogP contribution in [-0.2, 0) is 11.3 Å². The summed E-state index contributed by atoms with van der Waals surface area (Å²) in [6, 6.07) is 10.8. The highest BCUT2D eigenvalue weighted by Crippen LogP contribution is 2.18. The van der Waals surface area contributed by atoms with E-state index < -0.39 is 0 Å². The van der Waals surface area contributed by atoms with Gasteiger partial charge in [0.25, 0.3) is 0 Å². The van der Waals surface area contributed by atoms with Crippen molar-refractivity contribution in [2.75, 3.05) is 7.11 Å². The first-order chi connectivity index (χ1) is 9.52. The Morgan fingerprint density at radius 1 is 1.25 bits per heavy atom. The lowest BCUT2D eigenvalue weighted by molar-refractivity contribution is 0.00845. The summed E-state index contributed by atoms with van der Waals surface area (Å²) in [5, 5.41) is 4.75. The lowest BCUT2D eigenvalue weighted by Crippen LogP contribution is -2.35. The van der Waals surface area contributed by atoms with Crippen molar-refractivity contribution in [1.82, 2.24) is 10.3 Å². The normalized spacial score (nSPS) is 13.6. The largest absolute Gasteiger partial charge is 0.379 e. The molecule has 108 valence electrons. The van der Waals surface area contributed by atoms with Crippen LogP contribution in [0.15, 0.2) is 36.5 Å². The molecule has 0 amide bonds. The van der Waals surface area contributed by atoms with E-state index in [1.54, 1.807) is 7.11 Å². The first kappa shape index (κ1) is 14.9. The van der Waals surface area contributed by atoms with Crippen LogP contribution < -0.4 is 5.32 Å². The molecular weight excluding hydrogens is 248 g/mol. The predicted molar refractivity (Wildman–Crippen MR) is 83.7 cm³/mol. The van der Waals surface area contributed by atoms with Crippen LogP contribution in [0.4, 0.5) is 0 Å². The smallest absolute Gasteiger partial charge is 0.0746 e. The minimum absolute atomic E-state index is 0.0938. The fourth-order valence-corrected chi connectivity index (χ4v) is 2.49. The molecule has 1 aromatic carbocycles. The van der Waals surface area contributed by atoms with Gasteiger partial charge in [0.2, 0.25) is 0 Å². The molecule has 1 heterocycles. The van der Waals surface area contributed by atoms with Crippen LogP contribution in [0.3, 0.4) is 0 Å². The summed E-state index contributed by atoms with van der Waals surface area (Å²) in [6.45, 7) is 7.25. The Morgan fingerprint density at radius 3 is 2.75 bits per heavy atom. The lowest BCUT2D eigenvalue weighted by atomic mass is 9.99. The van der Waals surface area contributed by atoms with Gasteiger partial charge in [-0.05, 0) is 38.8 Å². The first-order valence-electron chi connectivity index (χ1n) is 7.13. The Balaban J connectivity index is 2.03. The third-order valence-corrected chi connectivity index (χ3v) is 3.71. The van der Waals surface area contributed by atoms with Crippen molar-refractivity contribution < 1.29 is 4.74 Å². The van der Waals surface area contributed by atoms with Crippen LogP contribution in [-0.4, -0.2) is 23.7 Å². The highest BCUT2D eigenvalue weighted by Gasteiger charge is 2.19. The second kappa shape index (κ2) is 6.33. The molecule has 1 unspecified atom stereocenters. The van der Waals surface area contributed by atoms with Crippen LogP contribution in [0.5, 0.6) is 0 Å². The molecule has 20 heavy (non-hydrogen) atoms. The number of fused-ring (bicyclic) bond motifs is 1. The number of hydrogen-bond acceptors (Lipinski definition) is 3. The number of para-hydroxylation sites is 1. The van der Waals surface area contributed by atoms with Gasteiger partial charge >= 0.3 is 0 Å². The topological polar surface area (TPSA) is 34.1 Å². The number of hydrogen-bond donors (Lipinski definition) is 1. The molecule has 2 rings (SSSR count). The van der Waals surface area contributed by atoms with Crippen LogP contribution in [0, 0.1) is 0 Å². The van der Waals surface area contributed by atoms with Gasteiger partial charge in [0.05, 0.1) is 11.1 Å². The van der Waals surface area contributed by atoms with Crippen LogP contribution in [0.1, 0.15) is 32.8 Å². The van der Waals surface area contributed by atoms with Gasteiger partial charge in [-0.25, -0.2) is 0 Å². The summed E-state index contributed by atoms with van der Waals surface area (Å²) in [7, 11) is 1.77. The molecule has 0 bridgehead atoms. The molecular formula is C17H24N2O. The average Bonchev–Trinajstić information content (AvgIpc) is 2.44. The molecule has 0 aliphatic heterocycles. The molecule has 1 atom stereocenters. The number of nitrogens with zero attached hydrogens (tertiary/aromatic N) is 1. The molecule has 0 radical (unpaired) electrons. The average molecular weight is 272 g/mol. The molecule has 0 saturated heterocycles. The maximum absolute atomic E-state index is 5.48. The number of methoxy groups -OCH3 is 1. The standard InChI is InChI=1S/C17H24N2O/c1-13(11-17(2,3)20-4)19-12-15-8-5-7-14-9-6-10-18-16(14)15/h5-10,13,19H,11-12H2,1-4H3. The van der Waals surface area contributed by atoms with Crippen molar-refractivity contribution in [1.29, 1.82) is 0 Å². The molecule has 3 heteroatoms. The van der Waals surface area contributed by atoms with Gasteiger partial charge in [0.15, 0.2) is 0 Å². The van der Waals surface area contributed by atoms with Gasteiger partial charge in [-0.3, -0.25) is 4.98 Å². The fraction of sp³-hybridized carbons (Fsp3) is 0.471. The molecule has 2 aromatic rings. The fourth-order valence-electron chi connectivity index (χ4n) is 2.49. The van der Waals surface area contributed by atoms with E-state index in [0.29, 0.717) is 6.04 Å². The molecule has 3 nitrogen and oxygen atoms in total. The van der Waals surface area contributed by atoms with E-state index in [1.807, 2.05) is 12.3 Å². The zero-order chi connectivity index (χ0) is 14.6. The van der Waals surface area contributed by atoms with E-state index in [4.69, 9.17) is 4.74 Å². The predicted octanol–water partition coefficient (Wildman–Crippen LogP) is 3.53. The van der Waals surface area contributed by atoms with E-state index >= 15 is 0 Å². The zero-order valence-electron chi connectivity index (χ0n) is 12.8. The van der Waals surface area contributed by atoms with Gasteiger partial charge in [0, 0.05) is 31.3 Å². The number of aromatic nitrogens is 1. The van der Waals surface area contributed by atoms with Gasteiger partial charge in [0.1, 0.15) is 0 Å². The minimum atomic E-state index is -0.0938. The van der Waals surface area contributed by atoms with Gasteiger partial charge in [-0.1, -0.05) is 24.3 Å². The quantitative estimate of drug-likeness (QED) is 0.873. The Labute approximate surface area is 121 Å². The van der Waals surface area contributed by atoms with E-state index in [-0.39, 0.29) is 5.60 Å². The Hall–Kier alpha value is -1.45. The van der Waals surface area contributed by atoms with E-state index in [0.717, 1.165) is 18.5 Å². The van der Waals surface area contributed by atoms with Crippen molar-refractivity contribution in [3.05, 3.63) is 42.1 Å². The summed E-state index contributed by atoms with van der Waals surface area (Å²) >= 11 is 0. The summed E-state index contributed by atoms with van der Waals surface area (Å²) < 4.78 is 5.48. The van der Waals surface area contributed by atoms with E-state index in [9.17, 15) is 0 Å². The number of nitrogens with one attached hydrogen (secondary N) is 1. The van der Waals surface area contributed by atoms with Crippen LogP contribution in [0.25, 0.3) is 10.9 Å². The summed E-state index contributed by atoms with van der Waals surface area (Å²) in [5.41, 5.74) is 2.23. The van der Waals surface area contributed by atoms with E-state index in [1.165, 1.54) is 10.9 Å². The van der Waals surface area contributed by atoms with Gasteiger partial charge < -0.3 is 10.1 Å². The maximum Gasteiger partial charge on any atom is 0.0746 e. The molecule has 0 aliphatic carbocycles. The molecule has 1 aromatic heterocycles. The van der Waals surface area contributed by atoms with E-state index in [2.05, 4.69) is 55.3 Å². The van der Waals surface area contributed by atoms with Crippen molar-refractivity contribution >= 4 is 10.9 Å². The molecule has 1 N–H and O–H groups in total. The molecule has 0 saturated carbocycles. The number of benzene rings is 1. The van der Waals surface area contributed by atoms with Crippen LogP contribution in [0.2, 0.25) is 0 Å². The zero-order valence-corrected chi connectivity index (χ0v) is 12.8. The SMILES string of the molecule is COC(C)(C)CC(C)NCc1cccc2cccnc12. The highest BCUT2D eigenvalue weighted by atomic mass is 16.5. The summed E-state index contributed by atoms with van der Waals surface area (Å²) in [6.07, 6.45) is 2.82. The number of rotatable bonds is 6. The number of pyridine rings is 1. The number of ether oxygens (including phenoxy) is 1. The Kier molecular flexibility index (Phi) is 4.73. The Morgan fingerprint density at radius 2 is 2.00 bits per heavy atom. The lowest BCUT2D eigenvalue weighted by Gasteiger charge is -2.27. The Bertz CT molecular complexity index is 560. The van der Waals surface area contributed by atoms with Crippen molar-refractivity contribution in [2.45, 2.75) is 45.4 Å². The third-order valence-electron chi connectivity index (χ3n) is 3.71. The molecule has 0 fully saturated rings. The first-order valence-corrected chi connectivity index (χ1v) is 7.13. The third kappa shape index (κ3) is 3.78. The monoisotopic (exact) mass is 272 g/mol. The summed E-state index contributed by atoms with van der Waals surface area (Å²) in [4.78, 5) is 4.49. The summed E-state index contributed by atoms with van der Waals surface area (Å²) in [5.74, 6) is 0.